The Bertz CT molecular complexity index is 280. The Morgan fingerprint density at radius 3 is 2.56 bits per heavy atom. The van der Waals surface area contributed by atoms with Crippen LogP contribution in [0.4, 0.5) is 0 Å². The molecular formula is C10H16O6. The van der Waals surface area contributed by atoms with E-state index < -0.39 is 18.2 Å². The van der Waals surface area contributed by atoms with Gasteiger partial charge >= 0.3 is 0 Å². The quantitative estimate of drug-likeness (QED) is 0.663. The number of aliphatic hydroxyl groups is 1. The molecule has 0 aromatic rings. The molecule has 16 heavy (non-hydrogen) atoms. The lowest BCUT2D eigenvalue weighted by molar-refractivity contribution is -0.194. The zero-order valence-electron chi connectivity index (χ0n) is 9.29. The van der Waals surface area contributed by atoms with Gasteiger partial charge in [0.05, 0.1) is 6.61 Å². The van der Waals surface area contributed by atoms with Crippen molar-refractivity contribution in [1.29, 1.82) is 0 Å². The number of ether oxygens (including phenoxy) is 5. The first-order valence-corrected chi connectivity index (χ1v) is 5.45. The largest absolute Gasteiger partial charge is 0.366 e. The van der Waals surface area contributed by atoms with Crippen LogP contribution in [-0.4, -0.2) is 55.0 Å². The highest BCUT2D eigenvalue weighted by atomic mass is 16.8. The maximum Gasteiger partial charge on any atom is 0.184 e. The Labute approximate surface area is 93.4 Å². The van der Waals surface area contributed by atoms with Gasteiger partial charge in [-0.25, -0.2) is 0 Å². The summed E-state index contributed by atoms with van der Waals surface area (Å²) in [7, 11) is 0. The molecule has 5 atom stereocenters. The van der Waals surface area contributed by atoms with E-state index in [1.807, 2.05) is 13.8 Å². The standard InChI is InChI=1S/C10H16O6/c1-10(2)14-3-5(16-10)6-7-8(9(11)15-6)13-4-12-7/h5-9,11H,3-4H2,1-2H3/t5-,6-,7-,8-,9-/m1/s1. The predicted molar refractivity (Wildman–Crippen MR) is 50.4 cm³/mol. The van der Waals surface area contributed by atoms with Gasteiger partial charge in [-0.15, -0.1) is 0 Å². The molecule has 0 radical (unpaired) electrons. The average Bonchev–Trinajstić information content (AvgIpc) is 2.84. The Morgan fingerprint density at radius 2 is 1.88 bits per heavy atom. The van der Waals surface area contributed by atoms with Gasteiger partial charge in [-0.3, -0.25) is 0 Å². The van der Waals surface area contributed by atoms with E-state index in [9.17, 15) is 5.11 Å². The predicted octanol–water partition coefficient (Wildman–Crippen LogP) is -0.403. The topological polar surface area (TPSA) is 66.4 Å². The molecule has 0 aromatic heterocycles. The molecule has 6 heteroatoms. The highest BCUT2D eigenvalue weighted by molar-refractivity contribution is 4.96. The third kappa shape index (κ3) is 1.66. The highest BCUT2D eigenvalue weighted by Crippen LogP contribution is 2.36. The molecule has 3 heterocycles. The lowest BCUT2D eigenvalue weighted by atomic mass is 10.1. The highest BCUT2D eigenvalue weighted by Gasteiger charge is 2.54. The summed E-state index contributed by atoms with van der Waals surface area (Å²) in [5, 5.41) is 9.64. The molecule has 3 fully saturated rings. The van der Waals surface area contributed by atoms with Gasteiger partial charge in [-0.1, -0.05) is 0 Å². The summed E-state index contributed by atoms with van der Waals surface area (Å²) in [4.78, 5) is 0. The van der Waals surface area contributed by atoms with Crippen molar-refractivity contribution >= 4 is 0 Å². The molecule has 3 saturated heterocycles. The van der Waals surface area contributed by atoms with Gasteiger partial charge in [0.1, 0.15) is 31.2 Å². The van der Waals surface area contributed by atoms with Crippen LogP contribution in [-0.2, 0) is 23.7 Å². The molecule has 0 spiro atoms. The van der Waals surface area contributed by atoms with E-state index in [4.69, 9.17) is 23.7 Å². The molecule has 0 bridgehead atoms. The third-order valence-corrected chi connectivity index (χ3v) is 3.14. The second-order valence-corrected chi connectivity index (χ2v) is 4.74. The molecule has 3 rings (SSSR count). The summed E-state index contributed by atoms with van der Waals surface area (Å²) >= 11 is 0. The molecule has 0 aliphatic carbocycles. The Hall–Kier alpha value is -0.240. The molecule has 0 amide bonds. The van der Waals surface area contributed by atoms with E-state index in [0.717, 1.165) is 0 Å². The molecule has 3 aliphatic heterocycles. The van der Waals surface area contributed by atoms with Crippen molar-refractivity contribution in [3.05, 3.63) is 0 Å². The van der Waals surface area contributed by atoms with Crippen molar-refractivity contribution in [2.45, 2.75) is 50.3 Å². The molecular weight excluding hydrogens is 216 g/mol. The third-order valence-electron chi connectivity index (χ3n) is 3.14. The number of hydrogen-bond acceptors (Lipinski definition) is 6. The molecule has 6 nitrogen and oxygen atoms in total. The first kappa shape index (κ1) is 10.9. The van der Waals surface area contributed by atoms with Crippen molar-refractivity contribution in [2.75, 3.05) is 13.4 Å². The maximum atomic E-state index is 9.64. The fourth-order valence-corrected chi connectivity index (χ4v) is 2.40. The summed E-state index contributed by atoms with van der Waals surface area (Å²) in [6.07, 6.45) is -2.16. The van der Waals surface area contributed by atoms with Gasteiger partial charge in [-0.2, -0.15) is 0 Å². The number of aliphatic hydroxyl groups excluding tert-OH is 1. The fraction of sp³-hybridized carbons (Fsp3) is 1.00. The van der Waals surface area contributed by atoms with Crippen LogP contribution in [0.5, 0.6) is 0 Å². The molecule has 0 saturated carbocycles. The number of fused-ring (bicyclic) bond motifs is 1. The zero-order chi connectivity index (χ0) is 11.3. The first-order chi connectivity index (χ1) is 7.57. The van der Waals surface area contributed by atoms with Gasteiger partial charge in [-0.05, 0) is 13.8 Å². The molecule has 3 aliphatic rings. The van der Waals surface area contributed by atoms with Crippen molar-refractivity contribution in [1.82, 2.24) is 0 Å². The first-order valence-electron chi connectivity index (χ1n) is 5.45. The van der Waals surface area contributed by atoms with Gasteiger partial charge in [0.15, 0.2) is 12.1 Å². The molecule has 92 valence electrons. The Morgan fingerprint density at radius 1 is 1.12 bits per heavy atom. The SMILES string of the molecule is CC1(C)OC[C@H]([C@H]2O[C@@H](O)[C@@H]3OCO[C@@H]32)O1. The van der Waals surface area contributed by atoms with E-state index in [0.29, 0.717) is 6.61 Å². The second kappa shape index (κ2) is 3.63. The molecule has 0 aromatic carbocycles. The van der Waals surface area contributed by atoms with Crippen molar-refractivity contribution < 1.29 is 28.8 Å². The normalized spacial score (nSPS) is 50.8. The van der Waals surface area contributed by atoms with Crippen molar-refractivity contribution in [2.24, 2.45) is 0 Å². The monoisotopic (exact) mass is 232 g/mol. The lowest BCUT2D eigenvalue weighted by Crippen LogP contribution is -2.39. The average molecular weight is 232 g/mol. The summed E-state index contributed by atoms with van der Waals surface area (Å²) in [5.74, 6) is -0.601. The summed E-state index contributed by atoms with van der Waals surface area (Å²) < 4.78 is 27.2. The van der Waals surface area contributed by atoms with Crippen LogP contribution in [0.15, 0.2) is 0 Å². The van der Waals surface area contributed by atoms with E-state index in [-0.39, 0.29) is 25.1 Å². The summed E-state index contributed by atoms with van der Waals surface area (Å²) in [5.41, 5.74) is 0. The van der Waals surface area contributed by atoms with Crippen LogP contribution in [0, 0.1) is 0 Å². The van der Waals surface area contributed by atoms with Crippen LogP contribution in [0.25, 0.3) is 0 Å². The van der Waals surface area contributed by atoms with Crippen molar-refractivity contribution in [3.63, 3.8) is 0 Å². The number of rotatable bonds is 1. The van der Waals surface area contributed by atoms with Crippen LogP contribution in [0.2, 0.25) is 0 Å². The Kier molecular flexibility index (Phi) is 2.47. The van der Waals surface area contributed by atoms with Gasteiger partial charge in [0.25, 0.3) is 0 Å². The van der Waals surface area contributed by atoms with Crippen LogP contribution < -0.4 is 0 Å². The lowest BCUT2D eigenvalue weighted by Gasteiger charge is -2.22. The number of hydrogen-bond donors (Lipinski definition) is 1. The minimum absolute atomic E-state index is 0.198. The minimum atomic E-state index is -0.940. The summed E-state index contributed by atoms with van der Waals surface area (Å²) in [6.45, 7) is 4.34. The van der Waals surface area contributed by atoms with Crippen LogP contribution in [0.1, 0.15) is 13.8 Å². The van der Waals surface area contributed by atoms with Crippen molar-refractivity contribution in [3.8, 4) is 0 Å². The molecule has 0 unspecified atom stereocenters. The second-order valence-electron chi connectivity index (χ2n) is 4.74. The minimum Gasteiger partial charge on any atom is -0.366 e. The van der Waals surface area contributed by atoms with E-state index >= 15 is 0 Å². The van der Waals surface area contributed by atoms with E-state index in [2.05, 4.69) is 0 Å². The van der Waals surface area contributed by atoms with Gasteiger partial charge in [0.2, 0.25) is 0 Å². The molecule has 1 N–H and O–H groups in total. The van der Waals surface area contributed by atoms with E-state index in [1.54, 1.807) is 0 Å². The van der Waals surface area contributed by atoms with Gasteiger partial charge in [0, 0.05) is 0 Å². The summed E-state index contributed by atoms with van der Waals surface area (Å²) in [6, 6.07) is 0. The van der Waals surface area contributed by atoms with Crippen LogP contribution >= 0.6 is 0 Å². The van der Waals surface area contributed by atoms with Gasteiger partial charge < -0.3 is 28.8 Å². The van der Waals surface area contributed by atoms with Crippen LogP contribution in [0.3, 0.4) is 0 Å². The smallest absolute Gasteiger partial charge is 0.184 e. The zero-order valence-corrected chi connectivity index (χ0v) is 9.29. The maximum absolute atomic E-state index is 9.64. The van der Waals surface area contributed by atoms with E-state index in [1.165, 1.54) is 0 Å². The fourth-order valence-electron chi connectivity index (χ4n) is 2.40. The Balaban J connectivity index is 1.72.